The second-order valence-corrected chi connectivity index (χ2v) is 6.22. The molecule has 0 bridgehead atoms. The highest BCUT2D eigenvalue weighted by molar-refractivity contribution is 5.76. The molecule has 1 amide bonds. The van der Waals surface area contributed by atoms with Gasteiger partial charge in [0.2, 0.25) is 5.91 Å². The number of carbonyl (C=O) groups excluding carboxylic acids is 1. The molecule has 0 fully saturated rings. The number of fused-ring (bicyclic) bond motifs is 1. The number of rotatable bonds is 6. The molecule has 3 heterocycles. The van der Waals surface area contributed by atoms with Gasteiger partial charge in [-0.05, 0) is 45.4 Å². The SMILES string of the molecule is Cc1cc(C)n([C@@H](C)CNC(=O)CCc2cn3ccccc3n2)n1. The lowest BCUT2D eigenvalue weighted by molar-refractivity contribution is -0.121. The third-order valence-electron chi connectivity index (χ3n) is 4.08. The smallest absolute Gasteiger partial charge is 0.220 e. The summed E-state index contributed by atoms with van der Waals surface area (Å²) in [6, 6.07) is 8.06. The molecule has 3 aromatic heterocycles. The number of amides is 1. The van der Waals surface area contributed by atoms with Crippen LogP contribution in [0.25, 0.3) is 5.65 Å². The molecule has 0 spiro atoms. The van der Waals surface area contributed by atoms with Crippen molar-refractivity contribution in [1.82, 2.24) is 24.5 Å². The van der Waals surface area contributed by atoms with Crippen LogP contribution in [0.5, 0.6) is 0 Å². The van der Waals surface area contributed by atoms with Crippen molar-refractivity contribution in [3.05, 3.63) is 53.7 Å². The summed E-state index contributed by atoms with van der Waals surface area (Å²) in [5.41, 5.74) is 3.95. The summed E-state index contributed by atoms with van der Waals surface area (Å²) in [7, 11) is 0. The molecule has 0 saturated carbocycles. The van der Waals surface area contributed by atoms with Gasteiger partial charge in [0.05, 0.1) is 17.4 Å². The highest BCUT2D eigenvalue weighted by Gasteiger charge is 2.11. The van der Waals surface area contributed by atoms with Gasteiger partial charge >= 0.3 is 0 Å². The quantitative estimate of drug-likeness (QED) is 0.757. The van der Waals surface area contributed by atoms with Crippen molar-refractivity contribution >= 4 is 11.6 Å². The van der Waals surface area contributed by atoms with E-state index in [9.17, 15) is 4.79 Å². The molecule has 1 N–H and O–H groups in total. The van der Waals surface area contributed by atoms with Crippen LogP contribution in [0.2, 0.25) is 0 Å². The van der Waals surface area contributed by atoms with Gasteiger partial charge in [0.25, 0.3) is 0 Å². The third kappa shape index (κ3) is 3.64. The number of aryl methyl sites for hydroxylation is 3. The van der Waals surface area contributed by atoms with E-state index in [4.69, 9.17) is 0 Å². The minimum Gasteiger partial charge on any atom is -0.354 e. The van der Waals surface area contributed by atoms with E-state index in [0.29, 0.717) is 19.4 Å². The Kier molecular flexibility index (Phi) is 4.64. The van der Waals surface area contributed by atoms with Crippen LogP contribution in [-0.4, -0.2) is 31.6 Å². The second kappa shape index (κ2) is 6.86. The first-order valence-corrected chi connectivity index (χ1v) is 8.25. The average molecular weight is 325 g/mol. The van der Waals surface area contributed by atoms with Gasteiger partial charge in [-0.3, -0.25) is 9.48 Å². The van der Waals surface area contributed by atoms with Crippen molar-refractivity contribution in [3.8, 4) is 0 Å². The van der Waals surface area contributed by atoms with Crippen LogP contribution < -0.4 is 5.32 Å². The van der Waals surface area contributed by atoms with Gasteiger partial charge in [-0.2, -0.15) is 5.10 Å². The predicted molar refractivity (Wildman–Crippen MR) is 92.9 cm³/mol. The molecule has 0 saturated heterocycles. The first kappa shape index (κ1) is 16.2. The summed E-state index contributed by atoms with van der Waals surface area (Å²) in [5, 5.41) is 7.45. The Morgan fingerprint density at radius 1 is 1.33 bits per heavy atom. The summed E-state index contributed by atoms with van der Waals surface area (Å²) in [6.07, 6.45) is 5.01. The van der Waals surface area contributed by atoms with Crippen LogP contribution in [-0.2, 0) is 11.2 Å². The normalized spacial score (nSPS) is 12.5. The lowest BCUT2D eigenvalue weighted by Crippen LogP contribution is -2.30. The molecule has 6 heteroatoms. The van der Waals surface area contributed by atoms with Gasteiger partial charge in [0, 0.05) is 31.1 Å². The molecule has 0 aliphatic carbocycles. The van der Waals surface area contributed by atoms with E-state index in [-0.39, 0.29) is 11.9 Å². The highest BCUT2D eigenvalue weighted by Crippen LogP contribution is 2.10. The summed E-state index contributed by atoms with van der Waals surface area (Å²) >= 11 is 0. The number of aromatic nitrogens is 4. The highest BCUT2D eigenvalue weighted by atomic mass is 16.1. The van der Waals surface area contributed by atoms with Gasteiger partial charge in [-0.1, -0.05) is 6.07 Å². The molecular formula is C18H23N5O. The Balaban J connectivity index is 1.49. The van der Waals surface area contributed by atoms with E-state index >= 15 is 0 Å². The van der Waals surface area contributed by atoms with Crippen molar-refractivity contribution < 1.29 is 4.79 Å². The van der Waals surface area contributed by atoms with Gasteiger partial charge in [0.1, 0.15) is 5.65 Å². The number of nitrogens with one attached hydrogen (secondary N) is 1. The van der Waals surface area contributed by atoms with Crippen molar-refractivity contribution in [2.75, 3.05) is 6.54 Å². The van der Waals surface area contributed by atoms with Crippen LogP contribution in [0, 0.1) is 13.8 Å². The van der Waals surface area contributed by atoms with Gasteiger partial charge in [-0.25, -0.2) is 4.98 Å². The van der Waals surface area contributed by atoms with Crippen molar-refractivity contribution in [2.24, 2.45) is 0 Å². The van der Waals surface area contributed by atoms with E-state index in [0.717, 1.165) is 22.7 Å². The number of imidazole rings is 1. The summed E-state index contributed by atoms with van der Waals surface area (Å²) in [5.74, 6) is 0.0421. The van der Waals surface area contributed by atoms with Crippen molar-refractivity contribution in [3.63, 3.8) is 0 Å². The maximum absolute atomic E-state index is 12.1. The van der Waals surface area contributed by atoms with E-state index < -0.39 is 0 Å². The molecular weight excluding hydrogens is 302 g/mol. The van der Waals surface area contributed by atoms with Gasteiger partial charge < -0.3 is 9.72 Å². The number of nitrogens with zero attached hydrogens (tertiary/aromatic N) is 4. The van der Waals surface area contributed by atoms with E-state index in [2.05, 4.69) is 22.3 Å². The lowest BCUT2D eigenvalue weighted by atomic mass is 10.2. The molecule has 0 aliphatic rings. The fourth-order valence-electron chi connectivity index (χ4n) is 2.88. The Hall–Kier alpha value is -2.63. The zero-order valence-corrected chi connectivity index (χ0v) is 14.4. The van der Waals surface area contributed by atoms with E-state index in [1.165, 1.54) is 0 Å². The Morgan fingerprint density at radius 2 is 2.17 bits per heavy atom. The number of carbonyl (C=O) groups is 1. The Bertz CT molecular complexity index is 815. The topological polar surface area (TPSA) is 64.2 Å². The monoisotopic (exact) mass is 325 g/mol. The third-order valence-corrected chi connectivity index (χ3v) is 4.08. The van der Waals surface area contributed by atoms with Crippen molar-refractivity contribution in [1.29, 1.82) is 0 Å². The summed E-state index contributed by atoms with van der Waals surface area (Å²) in [4.78, 5) is 16.6. The van der Waals surface area contributed by atoms with E-state index in [1.54, 1.807) is 0 Å². The van der Waals surface area contributed by atoms with Crippen LogP contribution in [0.1, 0.15) is 36.5 Å². The zero-order valence-electron chi connectivity index (χ0n) is 14.4. The Labute approximate surface area is 141 Å². The average Bonchev–Trinajstić information content (AvgIpc) is 3.12. The number of hydrogen-bond acceptors (Lipinski definition) is 3. The summed E-state index contributed by atoms with van der Waals surface area (Å²) in [6.45, 7) is 6.64. The molecule has 0 unspecified atom stereocenters. The molecule has 6 nitrogen and oxygen atoms in total. The molecule has 24 heavy (non-hydrogen) atoms. The molecule has 0 radical (unpaired) electrons. The lowest BCUT2D eigenvalue weighted by Gasteiger charge is -2.15. The van der Waals surface area contributed by atoms with Gasteiger partial charge in [0.15, 0.2) is 0 Å². The van der Waals surface area contributed by atoms with Gasteiger partial charge in [-0.15, -0.1) is 0 Å². The van der Waals surface area contributed by atoms with Crippen molar-refractivity contribution in [2.45, 2.75) is 39.7 Å². The first-order valence-electron chi connectivity index (χ1n) is 8.25. The predicted octanol–water partition coefficient (Wildman–Crippen LogP) is 2.46. The maximum Gasteiger partial charge on any atom is 0.220 e. The number of hydrogen-bond donors (Lipinski definition) is 1. The fraction of sp³-hybridized carbons (Fsp3) is 0.389. The minimum absolute atomic E-state index is 0.0421. The van der Waals surface area contributed by atoms with Crippen LogP contribution >= 0.6 is 0 Å². The molecule has 1 atom stereocenters. The molecule has 126 valence electrons. The number of pyridine rings is 1. The molecule has 0 aliphatic heterocycles. The Morgan fingerprint density at radius 3 is 2.88 bits per heavy atom. The van der Waals surface area contributed by atoms with Crippen LogP contribution in [0.3, 0.4) is 0 Å². The molecule has 0 aromatic carbocycles. The largest absolute Gasteiger partial charge is 0.354 e. The second-order valence-electron chi connectivity index (χ2n) is 6.22. The maximum atomic E-state index is 12.1. The minimum atomic E-state index is 0.0421. The fourth-order valence-corrected chi connectivity index (χ4v) is 2.88. The van der Waals surface area contributed by atoms with E-state index in [1.807, 2.05) is 59.6 Å². The first-order chi connectivity index (χ1) is 11.5. The zero-order chi connectivity index (χ0) is 17.1. The summed E-state index contributed by atoms with van der Waals surface area (Å²) < 4.78 is 3.93. The standard InChI is InChI=1S/C18H23N5O/c1-13-10-14(2)23(21-13)15(3)11-19-18(24)8-7-16-12-22-9-5-4-6-17(22)20-16/h4-6,9-10,12,15H,7-8,11H2,1-3H3,(H,19,24)/t15-/m0/s1. The van der Waals surface area contributed by atoms with Crippen LogP contribution in [0.15, 0.2) is 36.7 Å². The molecule has 3 rings (SSSR count). The van der Waals surface area contributed by atoms with Crippen LogP contribution in [0.4, 0.5) is 0 Å². The molecule has 3 aromatic rings.